The van der Waals surface area contributed by atoms with Gasteiger partial charge >= 0.3 is 0 Å². The van der Waals surface area contributed by atoms with Gasteiger partial charge in [-0.25, -0.2) is 21.6 Å². The van der Waals surface area contributed by atoms with E-state index in [2.05, 4.69) is 4.72 Å². The van der Waals surface area contributed by atoms with Gasteiger partial charge in [0.05, 0.1) is 28.6 Å². The van der Waals surface area contributed by atoms with E-state index in [1.54, 1.807) is 0 Å². The minimum Gasteiger partial charge on any atom is -0.493 e. The van der Waals surface area contributed by atoms with Crippen LogP contribution in [0.4, 0.5) is 0 Å². The third kappa shape index (κ3) is 5.97. The third-order valence-electron chi connectivity index (χ3n) is 5.29. The molecule has 0 bridgehead atoms. The van der Waals surface area contributed by atoms with Crippen LogP contribution in [-0.2, 0) is 19.9 Å². The Bertz CT molecular complexity index is 1110. The topological polar surface area (TPSA) is 130 Å². The summed E-state index contributed by atoms with van der Waals surface area (Å²) in [5.74, 6) is 0.392. The first-order valence-electron chi connectivity index (χ1n) is 9.45. The average molecular weight is 490 g/mol. The molecule has 1 aliphatic carbocycles. The van der Waals surface area contributed by atoms with Crippen molar-refractivity contribution in [3.8, 4) is 5.75 Å². The Balaban J connectivity index is 1.73. The molecule has 0 saturated heterocycles. The molecular formula is C20H24ClNO7S2. The number of ether oxygens (including phenoxy) is 1. The molecule has 0 heterocycles. The fourth-order valence-electron chi connectivity index (χ4n) is 3.52. The number of rotatable bonds is 8. The van der Waals surface area contributed by atoms with Crippen molar-refractivity contribution in [2.75, 3.05) is 19.4 Å². The van der Waals surface area contributed by atoms with Crippen molar-refractivity contribution in [3.05, 3.63) is 53.6 Å². The van der Waals surface area contributed by atoms with E-state index in [0.717, 1.165) is 6.26 Å². The van der Waals surface area contributed by atoms with Crippen molar-refractivity contribution in [1.82, 2.24) is 4.72 Å². The molecule has 1 unspecified atom stereocenters. The van der Waals surface area contributed by atoms with Gasteiger partial charge in [-0.15, -0.1) is 0 Å². The summed E-state index contributed by atoms with van der Waals surface area (Å²) in [6.07, 6.45) is -0.629. The summed E-state index contributed by atoms with van der Waals surface area (Å²) in [5.41, 5.74) is -0.853. The first kappa shape index (κ1) is 24.0. The van der Waals surface area contributed by atoms with Gasteiger partial charge in [-0.2, -0.15) is 0 Å². The lowest BCUT2D eigenvalue weighted by molar-refractivity contribution is 0.0438. The highest BCUT2D eigenvalue weighted by Gasteiger charge is 2.45. The lowest BCUT2D eigenvalue weighted by Gasteiger charge is -2.29. The third-order valence-corrected chi connectivity index (χ3v) is 8.08. The summed E-state index contributed by atoms with van der Waals surface area (Å²) in [5, 5.41) is 20.5. The van der Waals surface area contributed by atoms with Crippen molar-refractivity contribution >= 4 is 31.5 Å². The quantitative estimate of drug-likeness (QED) is 0.513. The van der Waals surface area contributed by atoms with Gasteiger partial charge in [0.25, 0.3) is 0 Å². The van der Waals surface area contributed by atoms with Gasteiger partial charge in [0, 0.05) is 23.2 Å². The molecular weight excluding hydrogens is 466 g/mol. The smallest absolute Gasteiger partial charge is 0.240 e. The summed E-state index contributed by atoms with van der Waals surface area (Å²) in [6, 6.07) is 11.5. The molecule has 8 nitrogen and oxygen atoms in total. The maximum absolute atomic E-state index is 12.6. The second kappa shape index (κ2) is 9.05. The molecule has 0 amide bonds. The van der Waals surface area contributed by atoms with Crippen molar-refractivity contribution in [3.63, 3.8) is 0 Å². The number of benzene rings is 2. The Hall–Kier alpha value is -1.69. The SMILES string of the molecule is CS(=O)(=O)c1ccc(OCC2(CNS(=O)(=O)c3ccc(Cl)cc3)C[C@@H](O)[C@@H](O)C2)cc1. The van der Waals surface area contributed by atoms with Crippen LogP contribution >= 0.6 is 11.6 Å². The summed E-state index contributed by atoms with van der Waals surface area (Å²) >= 11 is 5.81. The summed E-state index contributed by atoms with van der Waals surface area (Å²) in [6.45, 7) is -0.0457. The molecule has 1 saturated carbocycles. The van der Waals surface area contributed by atoms with Crippen LogP contribution < -0.4 is 9.46 Å². The maximum Gasteiger partial charge on any atom is 0.240 e. The van der Waals surface area contributed by atoms with E-state index >= 15 is 0 Å². The molecule has 0 aromatic heterocycles. The molecule has 31 heavy (non-hydrogen) atoms. The van der Waals surface area contributed by atoms with Crippen molar-refractivity contribution < 1.29 is 31.8 Å². The predicted octanol–water partition coefficient (Wildman–Crippen LogP) is 1.60. The molecule has 0 radical (unpaired) electrons. The van der Waals surface area contributed by atoms with E-state index in [1.807, 2.05) is 0 Å². The number of hydrogen-bond donors (Lipinski definition) is 3. The van der Waals surface area contributed by atoms with Gasteiger partial charge in [0.15, 0.2) is 9.84 Å². The van der Waals surface area contributed by atoms with Gasteiger partial charge in [0.2, 0.25) is 10.0 Å². The lowest BCUT2D eigenvalue weighted by atomic mass is 9.87. The second-order valence-electron chi connectivity index (χ2n) is 7.85. The number of hydrogen-bond acceptors (Lipinski definition) is 7. The molecule has 1 fully saturated rings. The van der Waals surface area contributed by atoms with Crippen LogP contribution in [0.2, 0.25) is 5.02 Å². The fraction of sp³-hybridized carbons (Fsp3) is 0.400. The standard InChI is InChI=1S/C20H24ClNO7S2/c1-30(25,26)16-8-4-15(5-9-16)29-13-20(10-18(23)19(24)11-20)12-22-31(27,28)17-6-2-14(21)3-7-17/h2-9,18-19,22-24H,10-13H2,1H3/t18-,19+,20?. The van der Waals surface area contributed by atoms with E-state index in [4.69, 9.17) is 16.3 Å². The molecule has 2 aromatic rings. The molecule has 3 rings (SSSR count). The zero-order valence-corrected chi connectivity index (χ0v) is 19.1. The Morgan fingerprint density at radius 3 is 2.00 bits per heavy atom. The Morgan fingerprint density at radius 2 is 1.48 bits per heavy atom. The number of halogens is 1. The molecule has 3 N–H and O–H groups in total. The van der Waals surface area contributed by atoms with Crippen molar-refractivity contribution in [2.45, 2.75) is 34.8 Å². The zero-order chi connectivity index (χ0) is 22.9. The predicted molar refractivity (Wildman–Crippen MR) is 115 cm³/mol. The van der Waals surface area contributed by atoms with E-state index in [1.165, 1.54) is 48.5 Å². The van der Waals surface area contributed by atoms with Gasteiger partial charge in [-0.1, -0.05) is 11.6 Å². The lowest BCUT2D eigenvalue weighted by Crippen LogP contribution is -2.40. The van der Waals surface area contributed by atoms with Crippen LogP contribution in [-0.4, -0.2) is 58.7 Å². The molecule has 3 atom stereocenters. The fourth-order valence-corrected chi connectivity index (χ4v) is 5.43. The Morgan fingerprint density at radius 1 is 0.968 bits per heavy atom. The number of sulfone groups is 1. The van der Waals surface area contributed by atoms with Crippen LogP contribution in [0.5, 0.6) is 5.75 Å². The molecule has 0 spiro atoms. The number of aliphatic hydroxyl groups is 2. The number of nitrogens with one attached hydrogen (secondary N) is 1. The Kier molecular flexibility index (Phi) is 6.99. The molecule has 2 aromatic carbocycles. The molecule has 11 heteroatoms. The van der Waals surface area contributed by atoms with Gasteiger partial charge in [-0.3, -0.25) is 0 Å². The average Bonchev–Trinajstić information content (AvgIpc) is 2.99. The van der Waals surface area contributed by atoms with Crippen molar-refractivity contribution in [1.29, 1.82) is 0 Å². The van der Waals surface area contributed by atoms with E-state index in [9.17, 15) is 27.0 Å². The maximum atomic E-state index is 12.6. The summed E-state index contributed by atoms with van der Waals surface area (Å²) < 4.78 is 56.7. The first-order valence-corrected chi connectivity index (χ1v) is 13.2. The highest BCUT2D eigenvalue weighted by molar-refractivity contribution is 7.90. The van der Waals surface area contributed by atoms with Gasteiger partial charge in [0.1, 0.15) is 5.75 Å². The minimum atomic E-state index is -3.84. The van der Waals surface area contributed by atoms with Gasteiger partial charge < -0.3 is 14.9 Å². The molecule has 170 valence electrons. The highest BCUT2D eigenvalue weighted by atomic mass is 35.5. The van der Waals surface area contributed by atoms with Crippen molar-refractivity contribution in [2.24, 2.45) is 5.41 Å². The number of aliphatic hydroxyl groups excluding tert-OH is 2. The zero-order valence-electron chi connectivity index (χ0n) is 16.7. The van der Waals surface area contributed by atoms with E-state index < -0.39 is 37.5 Å². The largest absolute Gasteiger partial charge is 0.493 e. The van der Waals surface area contributed by atoms with Crippen LogP contribution in [0.3, 0.4) is 0 Å². The second-order valence-corrected chi connectivity index (χ2v) is 12.1. The molecule has 0 aliphatic heterocycles. The number of sulfonamides is 1. The van der Waals surface area contributed by atoms with E-state index in [-0.39, 0.29) is 35.8 Å². The van der Waals surface area contributed by atoms with Crippen LogP contribution in [0.25, 0.3) is 0 Å². The van der Waals surface area contributed by atoms with Gasteiger partial charge in [-0.05, 0) is 61.4 Å². The highest BCUT2D eigenvalue weighted by Crippen LogP contribution is 2.39. The van der Waals surface area contributed by atoms with Crippen LogP contribution in [0.15, 0.2) is 58.3 Å². The monoisotopic (exact) mass is 489 g/mol. The Labute approximate surface area is 186 Å². The normalized spacial score (nSPS) is 24.3. The first-order chi connectivity index (χ1) is 14.4. The summed E-state index contributed by atoms with van der Waals surface area (Å²) in [7, 11) is -7.17. The van der Waals surface area contributed by atoms with Crippen LogP contribution in [0.1, 0.15) is 12.8 Å². The summed E-state index contributed by atoms with van der Waals surface area (Å²) in [4.78, 5) is 0.195. The van der Waals surface area contributed by atoms with Crippen LogP contribution in [0, 0.1) is 5.41 Å². The minimum absolute atomic E-state index is 0.0163. The van der Waals surface area contributed by atoms with E-state index in [0.29, 0.717) is 10.8 Å². The molecule has 1 aliphatic rings.